The highest BCUT2D eigenvalue weighted by Gasteiger charge is 2.31. The number of carbonyl (C=O) groups is 1. The molecule has 92 valence electrons. The molecule has 2 aliphatic rings. The van der Waals surface area contributed by atoms with Crippen molar-refractivity contribution in [3.63, 3.8) is 0 Å². The van der Waals surface area contributed by atoms with Crippen molar-refractivity contribution in [2.75, 3.05) is 19.6 Å². The Bertz CT molecular complexity index is 246. The molecule has 2 fully saturated rings. The number of hydrogen-bond donors (Lipinski definition) is 1. The van der Waals surface area contributed by atoms with E-state index in [1.54, 1.807) is 0 Å². The van der Waals surface area contributed by atoms with Gasteiger partial charge in [-0.1, -0.05) is 6.92 Å². The molecule has 2 rings (SSSR count). The highest BCUT2D eigenvalue weighted by atomic mass is 16.2. The average molecular weight is 224 g/mol. The Morgan fingerprint density at radius 3 is 2.50 bits per heavy atom. The highest BCUT2D eigenvalue weighted by Crippen LogP contribution is 2.30. The monoisotopic (exact) mass is 224 g/mol. The van der Waals surface area contributed by atoms with Crippen molar-refractivity contribution in [3.8, 4) is 0 Å². The van der Waals surface area contributed by atoms with Crippen molar-refractivity contribution in [3.05, 3.63) is 0 Å². The first-order chi connectivity index (χ1) is 7.68. The van der Waals surface area contributed by atoms with Gasteiger partial charge >= 0.3 is 0 Å². The Morgan fingerprint density at radius 1 is 1.19 bits per heavy atom. The van der Waals surface area contributed by atoms with Crippen LogP contribution in [0.5, 0.6) is 0 Å². The van der Waals surface area contributed by atoms with E-state index >= 15 is 0 Å². The lowest BCUT2D eigenvalue weighted by atomic mass is 9.82. The summed E-state index contributed by atoms with van der Waals surface area (Å²) in [5, 5.41) is 3.34. The summed E-state index contributed by atoms with van der Waals surface area (Å²) in [6.07, 6.45) is 4.68. The van der Waals surface area contributed by atoms with Crippen molar-refractivity contribution in [2.45, 2.75) is 45.6 Å². The summed E-state index contributed by atoms with van der Waals surface area (Å²) >= 11 is 0. The van der Waals surface area contributed by atoms with Crippen LogP contribution in [0.15, 0.2) is 0 Å². The maximum absolute atomic E-state index is 12.4. The molecule has 1 saturated carbocycles. The lowest BCUT2D eigenvalue weighted by molar-refractivity contribution is -0.139. The van der Waals surface area contributed by atoms with Crippen LogP contribution in [-0.2, 0) is 4.79 Å². The van der Waals surface area contributed by atoms with Crippen LogP contribution in [0.25, 0.3) is 0 Å². The molecule has 0 aromatic carbocycles. The first kappa shape index (κ1) is 11.9. The molecule has 1 heterocycles. The summed E-state index contributed by atoms with van der Waals surface area (Å²) in [6, 6.07) is 0.376. The second-order valence-corrected chi connectivity index (χ2v) is 5.54. The largest absolute Gasteiger partial charge is 0.337 e. The Kier molecular flexibility index (Phi) is 3.85. The average Bonchev–Trinajstić information content (AvgIpc) is 2.30. The molecule has 0 aromatic heterocycles. The second kappa shape index (κ2) is 5.17. The number of rotatable bonds is 1. The minimum Gasteiger partial charge on any atom is -0.337 e. The van der Waals surface area contributed by atoms with Gasteiger partial charge in [-0.05, 0) is 38.5 Å². The summed E-state index contributed by atoms with van der Waals surface area (Å²) in [5.41, 5.74) is 0. The van der Waals surface area contributed by atoms with E-state index in [9.17, 15) is 4.79 Å². The van der Waals surface area contributed by atoms with Gasteiger partial charge in [0.2, 0.25) is 5.91 Å². The second-order valence-electron chi connectivity index (χ2n) is 5.54. The van der Waals surface area contributed by atoms with E-state index in [-0.39, 0.29) is 0 Å². The van der Waals surface area contributed by atoms with E-state index in [1.807, 2.05) is 0 Å². The van der Waals surface area contributed by atoms with Gasteiger partial charge in [-0.2, -0.15) is 0 Å². The Balaban J connectivity index is 1.90. The number of nitrogens with one attached hydrogen (secondary N) is 1. The highest BCUT2D eigenvalue weighted by molar-refractivity contribution is 5.79. The van der Waals surface area contributed by atoms with Gasteiger partial charge in [0.25, 0.3) is 0 Å². The topological polar surface area (TPSA) is 32.3 Å². The smallest absolute Gasteiger partial charge is 0.226 e. The predicted octanol–water partition coefficient (Wildman–Crippen LogP) is 1.63. The summed E-state index contributed by atoms with van der Waals surface area (Å²) in [7, 11) is 0. The molecule has 0 bridgehead atoms. The van der Waals surface area contributed by atoms with Crippen LogP contribution in [0.2, 0.25) is 0 Å². The zero-order valence-corrected chi connectivity index (χ0v) is 10.5. The van der Waals surface area contributed by atoms with Crippen molar-refractivity contribution >= 4 is 5.91 Å². The van der Waals surface area contributed by atoms with Crippen LogP contribution < -0.4 is 5.32 Å². The molecule has 1 aliphatic heterocycles. The lowest BCUT2D eigenvalue weighted by Gasteiger charge is -2.37. The van der Waals surface area contributed by atoms with Crippen molar-refractivity contribution in [1.82, 2.24) is 10.2 Å². The van der Waals surface area contributed by atoms with Gasteiger partial charge in [0, 0.05) is 31.6 Å². The Labute approximate surface area is 98.6 Å². The molecule has 0 unspecified atom stereocenters. The fourth-order valence-corrected chi connectivity index (χ4v) is 2.91. The number of hydrogen-bond acceptors (Lipinski definition) is 2. The minimum absolute atomic E-state index is 0.316. The van der Waals surface area contributed by atoms with Gasteiger partial charge in [-0.15, -0.1) is 0 Å². The molecular formula is C13H24N2O. The number of nitrogens with zero attached hydrogens (tertiary/aromatic N) is 1. The standard InChI is InChI=1S/C13H24N2O/c1-10-3-5-12(6-4-10)13(16)15-8-7-14-9-11(15)2/h10-12,14H,3-9H2,1-2H3/t10?,11-,12?/m0/s1. The molecule has 3 nitrogen and oxygen atoms in total. The number of piperazine rings is 1. The van der Waals surface area contributed by atoms with Gasteiger partial charge in [-0.3, -0.25) is 4.79 Å². The van der Waals surface area contributed by atoms with Gasteiger partial charge in [0.05, 0.1) is 0 Å². The van der Waals surface area contributed by atoms with Gasteiger partial charge < -0.3 is 10.2 Å². The van der Waals surface area contributed by atoms with Crippen LogP contribution in [-0.4, -0.2) is 36.5 Å². The normalized spacial score (nSPS) is 36.1. The van der Waals surface area contributed by atoms with E-state index in [0.29, 0.717) is 17.9 Å². The maximum atomic E-state index is 12.4. The Hall–Kier alpha value is -0.570. The third-order valence-corrected chi connectivity index (χ3v) is 4.15. The molecule has 0 spiro atoms. The van der Waals surface area contributed by atoms with E-state index in [0.717, 1.165) is 38.4 Å². The fraction of sp³-hybridized carbons (Fsp3) is 0.923. The third kappa shape index (κ3) is 2.57. The summed E-state index contributed by atoms with van der Waals surface area (Å²) in [6.45, 7) is 7.25. The molecule has 1 atom stereocenters. The van der Waals surface area contributed by atoms with Crippen molar-refractivity contribution < 1.29 is 4.79 Å². The number of amides is 1. The molecule has 16 heavy (non-hydrogen) atoms. The molecular weight excluding hydrogens is 200 g/mol. The van der Waals surface area contributed by atoms with Gasteiger partial charge in [0.15, 0.2) is 0 Å². The Morgan fingerprint density at radius 2 is 1.88 bits per heavy atom. The van der Waals surface area contributed by atoms with E-state index in [4.69, 9.17) is 0 Å². The minimum atomic E-state index is 0.316. The zero-order chi connectivity index (χ0) is 11.5. The predicted molar refractivity (Wildman–Crippen MR) is 65.2 cm³/mol. The van der Waals surface area contributed by atoms with Crippen LogP contribution in [0.4, 0.5) is 0 Å². The lowest BCUT2D eigenvalue weighted by Crippen LogP contribution is -2.54. The summed E-state index contributed by atoms with van der Waals surface area (Å²) in [5.74, 6) is 1.56. The molecule has 1 amide bonds. The van der Waals surface area contributed by atoms with Crippen molar-refractivity contribution in [1.29, 1.82) is 0 Å². The molecule has 3 heteroatoms. The van der Waals surface area contributed by atoms with Gasteiger partial charge in [0.1, 0.15) is 0 Å². The quantitative estimate of drug-likeness (QED) is 0.734. The van der Waals surface area contributed by atoms with Crippen LogP contribution >= 0.6 is 0 Å². The van der Waals surface area contributed by atoms with Crippen LogP contribution in [0, 0.1) is 11.8 Å². The summed E-state index contributed by atoms with van der Waals surface area (Å²) < 4.78 is 0. The van der Waals surface area contributed by atoms with E-state index < -0.39 is 0 Å². The third-order valence-electron chi connectivity index (χ3n) is 4.15. The molecule has 1 saturated heterocycles. The first-order valence-electron chi connectivity index (χ1n) is 6.69. The van der Waals surface area contributed by atoms with Gasteiger partial charge in [-0.25, -0.2) is 0 Å². The van der Waals surface area contributed by atoms with Crippen molar-refractivity contribution in [2.24, 2.45) is 11.8 Å². The number of carbonyl (C=O) groups excluding carboxylic acids is 1. The molecule has 0 aromatic rings. The molecule has 0 radical (unpaired) electrons. The van der Waals surface area contributed by atoms with E-state index in [1.165, 1.54) is 12.8 Å². The first-order valence-corrected chi connectivity index (χ1v) is 6.69. The van der Waals surface area contributed by atoms with Crippen LogP contribution in [0.3, 0.4) is 0 Å². The van der Waals surface area contributed by atoms with Crippen LogP contribution in [0.1, 0.15) is 39.5 Å². The van der Waals surface area contributed by atoms with E-state index in [2.05, 4.69) is 24.1 Å². The summed E-state index contributed by atoms with van der Waals surface area (Å²) in [4.78, 5) is 14.5. The zero-order valence-electron chi connectivity index (χ0n) is 10.5. The fourth-order valence-electron chi connectivity index (χ4n) is 2.91. The maximum Gasteiger partial charge on any atom is 0.226 e. The molecule has 1 N–H and O–H groups in total. The SMILES string of the molecule is CC1CCC(C(=O)N2CCNC[C@@H]2C)CC1. The molecule has 1 aliphatic carbocycles.